The van der Waals surface area contributed by atoms with E-state index in [0.717, 1.165) is 16.9 Å². The Bertz CT molecular complexity index is 652. The van der Waals surface area contributed by atoms with Gasteiger partial charge in [0.2, 0.25) is 0 Å². The van der Waals surface area contributed by atoms with E-state index in [1.807, 2.05) is 38.1 Å². The van der Waals surface area contributed by atoms with E-state index >= 15 is 0 Å². The van der Waals surface area contributed by atoms with Crippen molar-refractivity contribution in [2.75, 3.05) is 0 Å². The number of carbonyl (C=O) groups is 1. The minimum absolute atomic E-state index is 0.107. The molecular weight excluding hydrogens is 288 g/mol. The molecule has 0 radical (unpaired) electrons. The maximum absolute atomic E-state index is 11.4. The van der Waals surface area contributed by atoms with Gasteiger partial charge in [-0.2, -0.15) is 0 Å². The van der Waals surface area contributed by atoms with Gasteiger partial charge in [0.25, 0.3) is 0 Å². The molecule has 23 heavy (non-hydrogen) atoms. The molecule has 0 N–H and O–H groups in total. The van der Waals surface area contributed by atoms with Gasteiger partial charge in [-0.05, 0) is 50.1 Å². The number of carbonyl (C=O) groups excluding carboxylic acids is 1. The molecule has 0 aromatic heterocycles. The fourth-order valence-electron chi connectivity index (χ4n) is 1.96. The molecule has 0 spiro atoms. The Morgan fingerprint density at radius 3 is 2.30 bits per heavy atom. The molecule has 0 aliphatic carbocycles. The smallest absolute Gasteiger partial charge is 0.331 e. The van der Waals surface area contributed by atoms with Crippen molar-refractivity contribution < 1.29 is 14.3 Å². The predicted molar refractivity (Wildman–Crippen MR) is 92.2 cm³/mol. The monoisotopic (exact) mass is 310 g/mol. The maximum Gasteiger partial charge on any atom is 0.331 e. The number of hydrogen-bond donors (Lipinski definition) is 0. The minimum Gasteiger partial charge on any atom is -0.489 e. The molecule has 0 saturated carbocycles. The first-order chi connectivity index (χ1) is 11.0. The van der Waals surface area contributed by atoms with Crippen LogP contribution in [0, 0.1) is 6.92 Å². The second kappa shape index (κ2) is 8.18. The molecule has 2 aromatic carbocycles. The lowest BCUT2D eigenvalue weighted by Crippen LogP contribution is -2.08. The van der Waals surface area contributed by atoms with E-state index in [0.29, 0.717) is 6.61 Å². The summed E-state index contributed by atoms with van der Waals surface area (Å²) in [5.41, 5.74) is 3.30. The number of aryl methyl sites for hydroxylation is 1. The van der Waals surface area contributed by atoms with Crippen LogP contribution in [0.2, 0.25) is 0 Å². The Morgan fingerprint density at radius 2 is 1.70 bits per heavy atom. The van der Waals surface area contributed by atoms with Crippen molar-refractivity contribution in [1.29, 1.82) is 0 Å². The molecule has 0 heterocycles. The summed E-state index contributed by atoms with van der Waals surface area (Å²) >= 11 is 0. The average Bonchev–Trinajstić information content (AvgIpc) is 2.53. The largest absolute Gasteiger partial charge is 0.489 e. The highest BCUT2D eigenvalue weighted by atomic mass is 16.5. The third kappa shape index (κ3) is 5.99. The lowest BCUT2D eigenvalue weighted by atomic mass is 10.2. The summed E-state index contributed by atoms with van der Waals surface area (Å²) in [6.45, 7) is 6.25. The first kappa shape index (κ1) is 16.8. The number of rotatable bonds is 6. The first-order valence-electron chi connectivity index (χ1n) is 7.70. The average molecular weight is 310 g/mol. The number of esters is 1. The van der Waals surface area contributed by atoms with Crippen LogP contribution in [0.25, 0.3) is 6.08 Å². The Kier molecular flexibility index (Phi) is 5.98. The molecule has 3 nitrogen and oxygen atoms in total. The van der Waals surface area contributed by atoms with E-state index in [4.69, 9.17) is 9.47 Å². The molecule has 0 fully saturated rings. The summed E-state index contributed by atoms with van der Waals surface area (Å²) in [6.07, 6.45) is 3.06. The number of ether oxygens (including phenoxy) is 2. The van der Waals surface area contributed by atoms with Crippen LogP contribution >= 0.6 is 0 Å². The van der Waals surface area contributed by atoms with Gasteiger partial charge in [0.05, 0.1) is 6.10 Å². The van der Waals surface area contributed by atoms with Crippen molar-refractivity contribution in [1.82, 2.24) is 0 Å². The van der Waals surface area contributed by atoms with Crippen LogP contribution < -0.4 is 4.74 Å². The van der Waals surface area contributed by atoms with E-state index in [-0.39, 0.29) is 12.1 Å². The summed E-state index contributed by atoms with van der Waals surface area (Å²) < 4.78 is 10.8. The number of benzene rings is 2. The van der Waals surface area contributed by atoms with Gasteiger partial charge in [-0.3, -0.25) is 0 Å². The quantitative estimate of drug-likeness (QED) is 0.580. The summed E-state index contributed by atoms with van der Waals surface area (Å²) in [6, 6.07) is 15.9. The van der Waals surface area contributed by atoms with E-state index in [1.54, 1.807) is 6.08 Å². The van der Waals surface area contributed by atoms with Crippen molar-refractivity contribution in [2.45, 2.75) is 33.5 Å². The third-order valence-corrected chi connectivity index (χ3v) is 3.17. The Balaban J connectivity index is 1.88. The van der Waals surface area contributed by atoms with Crippen LogP contribution in [-0.4, -0.2) is 12.1 Å². The summed E-state index contributed by atoms with van der Waals surface area (Å²) in [5, 5.41) is 0. The molecule has 0 aliphatic rings. The van der Waals surface area contributed by atoms with Gasteiger partial charge in [0, 0.05) is 6.08 Å². The topological polar surface area (TPSA) is 35.5 Å². The van der Waals surface area contributed by atoms with Gasteiger partial charge < -0.3 is 9.47 Å². The van der Waals surface area contributed by atoms with Crippen LogP contribution in [0.1, 0.15) is 30.5 Å². The third-order valence-electron chi connectivity index (χ3n) is 3.17. The fourth-order valence-corrected chi connectivity index (χ4v) is 1.96. The van der Waals surface area contributed by atoms with Crippen LogP contribution in [0.5, 0.6) is 5.75 Å². The lowest BCUT2D eigenvalue weighted by Gasteiger charge is -2.07. The van der Waals surface area contributed by atoms with Crippen molar-refractivity contribution >= 4 is 12.0 Å². The molecule has 2 rings (SSSR count). The Labute approximate surface area is 137 Å². The standard InChI is InChI=1S/C20H22O3/c1-15(2)23-20(21)13-10-17-8-11-19(12-9-17)22-14-18-6-4-16(3)5-7-18/h4-13,15H,14H2,1-3H3/b13-10+. The molecule has 0 unspecified atom stereocenters. The lowest BCUT2D eigenvalue weighted by molar-refractivity contribution is -0.141. The van der Waals surface area contributed by atoms with Crippen molar-refractivity contribution in [3.63, 3.8) is 0 Å². The highest BCUT2D eigenvalue weighted by molar-refractivity contribution is 5.87. The van der Waals surface area contributed by atoms with E-state index in [9.17, 15) is 4.79 Å². The molecule has 2 aromatic rings. The molecule has 0 amide bonds. The van der Waals surface area contributed by atoms with Gasteiger partial charge in [0.1, 0.15) is 12.4 Å². The van der Waals surface area contributed by atoms with Crippen molar-refractivity contribution in [2.24, 2.45) is 0 Å². The maximum atomic E-state index is 11.4. The minimum atomic E-state index is -0.334. The SMILES string of the molecule is Cc1ccc(COc2ccc(/C=C/C(=O)OC(C)C)cc2)cc1. The summed E-state index contributed by atoms with van der Waals surface area (Å²) in [5.74, 6) is 0.465. The predicted octanol–water partition coefficient (Wildman–Crippen LogP) is 4.54. The highest BCUT2D eigenvalue weighted by Crippen LogP contribution is 2.15. The van der Waals surface area contributed by atoms with E-state index in [1.165, 1.54) is 11.6 Å². The fraction of sp³-hybridized carbons (Fsp3) is 0.250. The van der Waals surface area contributed by atoms with E-state index in [2.05, 4.69) is 31.2 Å². The zero-order valence-electron chi connectivity index (χ0n) is 13.8. The van der Waals surface area contributed by atoms with Crippen molar-refractivity contribution in [3.8, 4) is 5.75 Å². The molecule has 0 bridgehead atoms. The molecule has 0 atom stereocenters. The molecule has 0 aliphatic heterocycles. The molecule has 3 heteroatoms. The summed E-state index contributed by atoms with van der Waals surface area (Å²) in [4.78, 5) is 11.4. The van der Waals surface area contributed by atoms with Gasteiger partial charge in [0.15, 0.2) is 0 Å². The Morgan fingerprint density at radius 1 is 1.04 bits per heavy atom. The van der Waals surface area contributed by atoms with Crippen LogP contribution in [-0.2, 0) is 16.1 Å². The van der Waals surface area contributed by atoms with Crippen molar-refractivity contribution in [3.05, 3.63) is 71.3 Å². The molecule has 0 saturated heterocycles. The zero-order chi connectivity index (χ0) is 16.7. The van der Waals surface area contributed by atoms with Gasteiger partial charge in [-0.25, -0.2) is 4.79 Å². The van der Waals surface area contributed by atoms with Crippen LogP contribution in [0.15, 0.2) is 54.6 Å². The van der Waals surface area contributed by atoms with Crippen LogP contribution in [0.3, 0.4) is 0 Å². The van der Waals surface area contributed by atoms with Gasteiger partial charge in [-0.1, -0.05) is 42.0 Å². The highest BCUT2D eigenvalue weighted by Gasteiger charge is 2.00. The van der Waals surface area contributed by atoms with Crippen LogP contribution in [0.4, 0.5) is 0 Å². The first-order valence-corrected chi connectivity index (χ1v) is 7.70. The summed E-state index contributed by atoms with van der Waals surface area (Å²) in [7, 11) is 0. The second-order valence-corrected chi connectivity index (χ2v) is 5.66. The zero-order valence-corrected chi connectivity index (χ0v) is 13.8. The normalized spacial score (nSPS) is 11.0. The van der Waals surface area contributed by atoms with Gasteiger partial charge >= 0.3 is 5.97 Å². The molecular formula is C20H22O3. The second-order valence-electron chi connectivity index (χ2n) is 5.66. The van der Waals surface area contributed by atoms with Gasteiger partial charge in [-0.15, -0.1) is 0 Å². The van der Waals surface area contributed by atoms with E-state index < -0.39 is 0 Å². The Hall–Kier alpha value is -2.55. The number of hydrogen-bond acceptors (Lipinski definition) is 3. The molecule has 120 valence electrons.